The summed E-state index contributed by atoms with van der Waals surface area (Å²) in [5.41, 5.74) is 1.25. The first-order valence-corrected chi connectivity index (χ1v) is 5.10. The molecule has 0 heterocycles. The number of benzene rings is 1. The number of carboxylic acids is 1. The van der Waals surface area contributed by atoms with Crippen LogP contribution < -0.4 is 4.74 Å². The first kappa shape index (κ1) is 14.5. The number of aliphatic hydroxyl groups is 1. The number of aliphatic hydroxyl groups excluding tert-OH is 1. The molecule has 0 fully saturated rings. The smallest absolute Gasteiger partial charge is 0.341 e. The summed E-state index contributed by atoms with van der Waals surface area (Å²) >= 11 is 0. The lowest BCUT2D eigenvalue weighted by molar-refractivity contribution is -0.139. The SMILES string of the molecule is CCCc1ccc(OCC(=O)O)cc1.CO. The van der Waals surface area contributed by atoms with E-state index in [1.807, 2.05) is 12.1 Å². The average Bonchev–Trinajstić information content (AvgIpc) is 2.31. The molecule has 0 aliphatic rings. The Bertz CT molecular complexity index is 292. The van der Waals surface area contributed by atoms with Gasteiger partial charge in [-0.15, -0.1) is 0 Å². The monoisotopic (exact) mass is 226 g/mol. The maximum atomic E-state index is 10.2. The zero-order chi connectivity index (χ0) is 12.4. The Kier molecular flexibility index (Phi) is 7.89. The molecule has 4 nitrogen and oxygen atoms in total. The molecule has 1 aromatic rings. The maximum absolute atomic E-state index is 10.2. The van der Waals surface area contributed by atoms with E-state index in [0.717, 1.165) is 20.0 Å². The van der Waals surface area contributed by atoms with Crippen LogP contribution in [-0.4, -0.2) is 29.9 Å². The second-order valence-corrected chi connectivity index (χ2v) is 3.08. The highest BCUT2D eigenvalue weighted by atomic mass is 16.5. The van der Waals surface area contributed by atoms with Gasteiger partial charge in [0.2, 0.25) is 0 Å². The standard InChI is InChI=1S/C11H14O3.CH4O/c1-2-3-9-4-6-10(7-5-9)14-8-11(12)13;1-2/h4-7H,2-3,8H2,1H3,(H,12,13);2H,1H3. The van der Waals surface area contributed by atoms with Crippen molar-refractivity contribution in [2.45, 2.75) is 19.8 Å². The Morgan fingerprint density at radius 2 is 1.81 bits per heavy atom. The third-order valence-electron chi connectivity index (χ3n) is 1.82. The second kappa shape index (κ2) is 8.73. The van der Waals surface area contributed by atoms with Crippen molar-refractivity contribution in [3.8, 4) is 5.75 Å². The van der Waals surface area contributed by atoms with E-state index in [9.17, 15) is 4.79 Å². The maximum Gasteiger partial charge on any atom is 0.341 e. The summed E-state index contributed by atoms with van der Waals surface area (Å²) in [6.07, 6.45) is 2.15. The molecule has 0 aliphatic carbocycles. The molecule has 0 spiro atoms. The predicted molar refractivity (Wildman–Crippen MR) is 61.7 cm³/mol. The van der Waals surface area contributed by atoms with Crippen molar-refractivity contribution in [3.05, 3.63) is 29.8 Å². The molecule has 0 saturated heterocycles. The van der Waals surface area contributed by atoms with Crippen molar-refractivity contribution in [2.75, 3.05) is 13.7 Å². The summed E-state index contributed by atoms with van der Waals surface area (Å²) in [4.78, 5) is 10.2. The van der Waals surface area contributed by atoms with Crippen LogP contribution in [0.4, 0.5) is 0 Å². The lowest BCUT2D eigenvalue weighted by Crippen LogP contribution is -2.09. The summed E-state index contributed by atoms with van der Waals surface area (Å²) < 4.78 is 5.00. The van der Waals surface area contributed by atoms with Gasteiger partial charge in [0.15, 0.2) is 6.61 Å². The summed E-state index contributed by atoms with van der Waals surface area (Å²) in [7, 11) is 1.00. The topological polar surface area (TPSA) is 66.8 Å². The quantitative estimate of drug-likeness (QED) is 0.802. The van der Waals surface area contributed by atoms with Gasteiger partial charge < -0.3 is 14.9 Å². The van der Waals surface area contributed by atoms with Gasteiger partial charge in [0.1, 0.15) is 5.75 Å². The fraction of sp³-hybridized carbons (Fsp3) is 0.417. The molecular weight excluding hydrogens is 208 g/mol. The number of carbonyl (C=O) groups is 1. The van der Waals surface area contributed by atoms with Crippen molar-refractivity contribution >= 4 is 5.97 Å². The van der Waals surface area contributed by atoms with Gasteiger partial charge in [-0.25, -0.2) is 4.79 Å². The van der Waals surface area contributed by atoms with Crippen molar-refractivity contribution < 1.29 is 19.7 Å². The number of carboxylic acid groups (broad SMARTS) is 1. The highest BCUT2D eigenvalue weighted by Gasteiger charge is 1.98. The lowest BCUT2D eigenvalue weighted by atomic mass is 10.1. The summed E-state index contributed by atoms with van der Waals surface area (Å²) in [6, 6.07) is 7.52. The molecule has 1 rings (SSSR count). The first-order chi connectivity index (χ1) is 7.72. The van der Waals surface area contributed by atoms with Crippen LogP contribution in [0.2, 0.25) is 0 Å². The van der Waals surface area contributed by atoms with Gasteiger partial charge in [-0.3, -0.25) is 0 Å². The Balaban J connectivity index is 0.00000106. The van der Waals surface area contributed by atoms with Gasteiger partial charge in [-0.05, 0) is 24.1 Å². The van der Waals surface area contributed by atoms with Crippen LogP contribution in [0.1, 0.15) is 18.9 Å². The van der Waals surface area contributed by atoms with Gasteiger partial charge >= 0.3 is 5.97 Å². The van der Waals surface area contributed by atoms with Crippen LogP contribution in [0.25, 0.3) is 0 Å². The Hall–Kier alpha value is -1.55. The minimum atomic E-state index is -0.956. The predicted octanol–water partition coefficient (Wildman–Crippen LogP) is 1.71. The summed E-state index contributed by atoms with van der Waals surface area (Å²) in [6.45, 7) is 1.84. The number of aryl methyl sites for hydroxylation is 1. The Labute approximate surface area is 95.5 Å². The van der Waals surface area contributed by atoms with Crippen LogP contribution in [0, 0.1) is 0 Å². The first-order valence-electron chi connectivity index (χ1n) is 5.10. The van der Waals surface area contributed by atoms with Crippen molar-refractivity contribution in [2.24, 2.45) is 0 Å². The van der Waals surface area contributed by atoms with Crippen molar-refractivity contribution in [3.63, 3.8) is 0 Å². The Morgan fingerprint density at radius 3 is 2.25 bits per heavy atom. The van der Waals surface area contributed by atoms with E-state index in [2.05, 4.69) is 6.92 Å². The number of aliphatic carboxylic acids is 1. The summed E-state index contributed by atoms with van der Waals surface area (Å²) in [5, 5.41) is 15.4. The third kappa shape index (κ3) is 6.03. The van der Waals surface area contributed by atoms with E-state index in [1.54, 1.807) is 12.1 Å². The van der Waals surface area contributed by atoms with Gasteiger partial charge in [0.05, 0.1) is 0 Å². The van der Waals surface area contributed by atoms with Gasteiger partial charge in [-0.1, -0.05) is 25.5 Å². The third-order valence-corrected chi connectivity index (χ3v) is 1.82. The molecule has 0 unspecified atom stereocenters. The van der Waals surface area contributed by atoms with Crippen LogP contribution in [0.3, 0.4) is 0 Å². The molecule has 0 amide bonds. The van der Waals surface area contributed by atoms with Crippen LogP contribution >= 0.6 is 0 Å². The molecule has 0 bridgehead atoms. The molecule has 0 radical (unpaired) electrons. The number of rotatable bonds is 5. The minimum absolute atomic E-state index is 0.285. The fourth-order valence-corrected chi connectivity index (χ4v) is 1.19. The van der Waals surface area contributed by atoms with E-state index >= 15 is 0 Å². The molecule has 0 aliphatic heterocycles. The summed E-state index contributed by atoms with van der Waals surface area (Å²) in [5.74, 6) is -0.352. The van der Waals surface area contributed by atoms with Crippen LogP contribution in [0.15, 0.2) is 24.3 Å². The molecule has 16 heavy (non-hydrogen) atoms. The van der Waals surface area contributed by atoms with Crippen molar-refractivity contribution in [1.82, 2.24) is 0 Å². The van der Waals surface area contributed by atoms with E-state index in [1.165, 1.54) is 5.56 Å². The normalized spacial score (nSPS) is 8.94. The van der Waals surface area contributed by atoms with Crippen LogP contribution in [0.5, 0.6) is 5.75 Å². The van der Waals surface area contributed by atoms with E-state index in [4.69, 9.17) is 14.9 Å². The van der Waals surface area contributed by atoms with Crippen LogP contribution in [-0.2, 0) is 11.2 Å². The fourth-order valence-electron chi connectivity index (χ4n) is 1.19. The number of hydrogen-bond donors (Lipinski definition) is 2. The van der Waals surface area contributed by atoms with Gasteiger partial charge in [0, 0.05) is 7.11 Å². The highest BCUT2D eigenvalue weighted by molar-refractivity contribution is 5.68. The van der Waals surface area contributed by atoms with E-state index in [-0.39, 0.29) is 6.61 Å². The van der Waals surface area contributed by atoms with Gasteiger partial charge in [0.25, 0.3) is 0 Å². The van der Waals surface area contributed by atoms with E-state index < -0.39 is 5.97 Å². The molecular formula is C12H18O4. The van der Waals surface area contributed by atoms with Gasteiger partial charge in [-0.2, -0.15) is 0 Å². The molecule has 4 heteroatoms. The zero-order valence-electron chi connectivity index (χ0n) is 9.64. The molecule has 0 aromatic heterocycles. The molecule has 0 atom stereocenters. The van der Waals surface area contributed by atoms with E-state index in [0.29, 0.717) is 5.75 Å². The average molecular weight is 226 g/mol. The largest absolute Gasteiger partial charge is 0.482 e. The number of hydrogen-bond acceptors (Lipinski definition) is 3. The van der Waals surface area contributed by atoms with Crippen molar-refractivity contribution in [1.29, 1.82) is 0 Å². The number of ether oxygens (including phenoxy) is 1. The highest BCUT2D eigenvalue weighted by Crippen LogP contribution is 2.12. The lowest BCUT2D eigenvalue weighted by Gasteiger charge is -2.03. The minimum Gasteiger partial charge on any atom is -0.482 e. The molecule has 2 N–H and O–H groups in total. The Morgan fingerprint density at radius 1 is 1.25 bits per heavy atom. The molecule has 90 valence electrons. The molecule has 0 saturated carbocycles. The molecule has 1 aromatic carbocycles. The second-order valence-electron chi connectivity index (χ2n) is 3.08. The zero-order valence-corrected chi connectivity index (χ0v) is 9.64.